The van der Waals surface area contributed by atoms with Gasteiger partial charge in [0.15, 0.2) is 0 Å². The van der Waals surface area contributed by atoms with Crippen molar-refractivity contribution in [2.75, 3.05) is 0 Å². The van der Waals surface area contributed by atoms with Crippen LogP contribution in [0.4, 0.5) is 0 Å². The van der Waals surface area contributed by atoms with Gasteiger partial charge in [-0.1, -0.05) is 18.2 Å². The lowest BCUT2D eigenvalue weighted by molar-refractivity contribution is 0.100. The molecule has 3 nitrogen and oxygen atoms in total. The first kappa shape index (κ1) is 9.10. The van der Waals surface area contributed by atoms with Crippen LogP contribution in [0.2, 0.25) is 0 Å². The summed E-state index contributed by atoms with van der Waals surface area (Å²) in [6.45, 7) is 0. The Kier molecular flexibility index (Phi) is 3.36. The van der Waals surface area contributed by atoms with E-state index in [4.69, 9.17) is 0 Å². The molecule has 0 saturated carbocycles. The lowest BCUT2D eigenvalue weighted by Crippen LogP contribution is -1.93. The van der Waals surface area contributed by atoms with Gasteiger partial charge in [0.25, 0.3) is 5.91 Å². The Bertz CT molecular complexity index is 362. The van der Waals surface area contributed by atoms with Crippen molar-refractivity contribution in [1.82, 2.24) is 0 Å². The zero-order valence-electron chi connectivity index (χ0n) is 6.81. The van der Waals surface area contributed by atoms with Crippen molar-refractivity contribution < 1.29 is 9.59 Å². The largest absolute Gasteiger partial charge is 0.276 e. The lowest BCUT2D eigenvalue weighted by atomic mass is 10.2. The summed E-state index contributed by atoms with van der Waals surface area (Å²) < 4.78 is 0. The highest BCUT2D eigenvalue weighted by atomic mass is 16.1. The van der Waals surface area contributed by atoms with Crippen molar-refractivity contribution in [2.45, 2.75) is 0 Å². The number of rotatable bonds is 2. The van der Waals surface area contributed by atoms with Gasteiger partial charge in [-0.25, -0.2) is 9.79 Å². The molecule has 0 N–H and O–H groups in total. The van der Waals surface area contributed by atoms with Gasteiger partial charge in [-0.3, -0.25) is 4.79 Å². The smallest absolute Gasteiger partial charge is 0.267 e. The van der Waals surface area contributed by atoms with E-state index in [0.29, 0.717) is 5.56 Å². The van der Waals surface area contributed by atoms with Gasteiger partial charge < -0.3 is 0 Å². The maximum absolute atomic E-state index is 11.2. The normalized spacial score (nSPS) is 9.54. The number of hydrogen-bond donors (Lipinski definition) is 0. The molecular formula is C10H7NO2. The van der Waals surface area contributed by atoms with Gasteiger partial charge in [-0.05, 0) is 12.1 Å². The Morgan fingerprint density at radius 2 is 2.00 bits per heavy atom. The number of aliphatic imine (C=N–C) groups is 1. The van der Waals surface area contributed by atoms with Crippen molar-refractivity contribution in [3.8, 4) is 0 Å². The molecule has 0 aliphatic rings. The maximum Gasteiger partial charge on any atom is 0.276 e. The predicted molar refractivity (Wildman–Crippen MR) is 49.5 cm³/mol. The zero-order chi connectivity index (χ0) is 9.52. The van der Waals surface area contributed by atoms with E-state index in [0.717, 1.165) is 12.3 Å². The number of amides is 1. The fraction of sp³-hybridized carbons (Fsp3) is 0. The molecule has 0 aliphatic heterocycles. The lowest BCUT2D eigenvalue weighted by Gasteiger charge is -1.91. The molecule has 3 heteroatoms. The van der Waals surface area contributed by atoms with Crippen molar-refractivity contribution in [3.63, 3.8) is 0 Å². The van der Waals surface area contributed by atoms with E-state index in [-0.39, 0.29) is 5.91 Å². The van der Waals surface area contributed by atoms with Crippen LogP contribution in [0.5, 0.6) is 0 Å². The van der Waals surface area contributed by atoms with Crippen molar-refractivity contribution in [2.24, 2.45) is 4.99 Å². The van der Waals surface area contributed by atoms with E-state index in [1.807, 2.05) is 6.07 Å². The summed E-state index contributed by atoms with van der Waals surface area (Å²) in [5, 5.41) is 0. The van der Waals surface area contributed by atoms with Crippen LogP contribution in [0.25, 0.3) is 0 Å². The summed E-state index contributed by atoms with van der Waals surface area (Å²) in [4.78, 5) is 24.4. The summed E-state index contributed by atoms with van der Waals surface area (Å²) in [5.41, 5.74) is 0.498. The van der Waals surface area contributed by atoms with Gasteiger partial charge in [0.2, 0.25) is 0 Å². The molecule has 0 saturated heterocycles. The molecule has 1 amide bonds. The average Bonchev–Trinajstić information content (AvgIpc) is 2.19. The van der Waals surface area contributed by atoms with Gasteiger partial charge in [0, 0.05) is 17.9 Å². The van der Waals surface area contributed by atoms with Crippen LogP contribution in [0.3, 0.4) is 0 Å². The number of carbonyl (C=O) groups is 1. The third-order valence-electron chi connectivity index (χ3n) is 1.36. The molecule has 0 unspecified atom stereocenters. The number of carbonyl (C=O) groups excluding carboxylic acids is 2. The zero-order valence-corrected chi connectivity index (χ0v) is 6.81. The van der Waals surface area contributed by atoms with Gasteiger partial charge >= 0.3 is 0 Å². The molecule has 1 aromatic carbocycles. The fourth-order valence-electron chi connectivity index (χ4n) is 0.791. The Hall–Kier alpha value is -1.99. The molecule has 13 heavy (non-hydrogen) atoms. The third-order valence-corrected chi connectivity index (χ3v) is 1.36. The average molecular weight is 173 g/mol. The quantitative estimate of drug-likeness (QED) is 0.499. The second-order valence-corrected chi connectivity index (χ2v) is 2.23. The third kappa shape index (κ3) is 2.85. The molecule has 0 atom stereocenters. The predicted octanol–water partition coefficient (Wildman–Crippen LogP) is 1.29. The Morgan fingerprint density at radius 3 is 2.62 bits per heavy atom. The van der Waals surface area contributed by atoms with Crippen LogP contribution in [-0.2, 0) is 4.79 Å². The van der Waals surface area contributed by atoms with E-state index >= 15 is 0 Å². The van der Waals surface area contributed by atoms with Crippen molar-refractivity contribution >= 4 is 18.1 Å². The fourth-order valence-corrected chi connectivity index (χ4v) is 0.791. The first-order valence-corrected chi connectivity index (χ1v) is 3.67. The Labute approximate surface area is 75.4 Å². The standard InChI is InChI=1S/C10H7NO2/c12-8-4-7-11-10(13)9-5-2-1-3-6-9/h1-7H. The number of hydrogen-bond acceptors (Lipinski definition) is 2. The maximum atomic E-state index is 11.2. The van der Waals surface area contributed by atoms with Crippen LogP contribution >= 0.6 is 0 Å². The van der Waals surface area contributed by atoms with Crippen LogP contribution in [-0.4, -0.2) is 18.1 Å². The molecule has 1 rings (SSSR count). The molecule has 0 radical (unpaired) electrons. The molecule has 64 valence electrons. The van der Waals surface area contributed by atoms with E-state index in [9.17, 15) is 9.59 Å². The molecule has 0 fully saturated rings. The van der Waals surface area contributed by atoms with Gasteiger partial charge in [0.05, 0.1) is 0 Å². The Balaban J connectivity index is 2.75. The van der Waals surface area contributed by atoms with Crippen LogP contribution < -0.4 is 0 Å². The van der Waals surface area contributed by atoms with E-state index in [1.165, 1.54) is 5.94 Å². The minimum absolute atomic E-state index is 0.368. The number of nitrogens with zero attached hydrogens (tertiary/aromatic N) is 1. The van der Waals surface area contributed by atoms with Crippen LogP contribution in [0, 0.1) is 0 Å². The monoisotopic (exact) mass is 173 g/mol. The SMILES string of the molecule is O=C=CC=NC(=O)c1ccccc1. The Morgan fingerprint density at radius 1 is 1.31 bits per heavy atom. The molecule has 1 aromatic rings. The molecule has 0 aromatic heterocycles. The topological polar surface area (TPSA) is 46.5 Å². The number of allylic oxidation sites excluding steroid dienone is 1. The van der Waals surface area contributed by atoms with Gasteiger partial charge in [-0.2, -0.15) is 0 Å². The molecule has 0 spiro atoms. The van der Waals surface area contributed by atoms with E-state index in [2.05, 4.69) is 4.99 Å². The second-order valence-electron chi connectivity index (χ2n) is 2.23. The summed E-state index contributed by atoms with van der Waals surface area (Å²) in [6, 6.07) is 8.62. The van der Waals surface area contributed by atoms with Crippen molar-refractivity contribution in [3.05, 3.63) is 42.0 Å². The van der Waals surface area contributed by atoms with Crippen molar-refractivity contribution in [1.29, 1.82) is 0 Å². The first-order chi connectivity index (χ1) is 6.34. The molecule has 0 aliphatic carbocycles. The van der Waals surface area contributed by atoms with E-state index < -0.39 is 0 Å². The summed E-state index contributed by atoms with van der Waals surface area (Å²) in [5.74, 6) is 1.13. The van der Waals surface area contributed by atoms with E-state index in [1.54, 1.807) is 24.3 Å². The number of benzene rings is 1. The van der Waals surface area contributed by atoms with Gasteiger partial charge in [-0.15, -0.1) is 0 Å². The van der Waals surface area contributed by atoms with Crippen LogP contribution in [0.15, 0.2) is 41.4 Å². The minimum Gasteiger partial charge on any atom is -0.267 e. The summed E-state index contributed by atoms with van der Waals surface area (Å²) >= 11 is 0. The molecular weight excluding hydrogens is 166 g/mol. The van der Waals surface area contributed by atoms with Gasteiger partial charge in [0.1, 0.15) is 5.94 Å². The highest BCUT2D eigenvalue weighted by molar-refractivity contribution is 6.01. The summed E-state index contributed by atoms with van der Waals surface area (Å²) in [7, 11) is 0. The molecule has 0 bridgehead atoms. The highest BCUT2D eigenvalue weighted by Gasteiger charge is 1.98. The molecule has 0 heterocycles. The minimum atomic E-state index is -0.368. The van der Waals surface area contributed by atoms with Crippen LogP contribution in [0.1, 0.15) is 10.4 Å². The highest BCUT2D eigenvalue weighted by Crippen LogP contribution is 1.99. The first-order valence-electron chi connectivity index (χ1n) is 3.67. The summed E-state index contributed by atoms with van der Waals surface area (Å²) in [6.07, 6.45) is 2.17. The second kappa shape index (κ2) is 4.80.